The Morgan fingerprint density at radius 3 is 2.20 bits per heavy atom. The number of carbonyl (C=O) groups excluding carboxylic acids is 2. The highest BCUT2D eigenvalue weighted by molar-refractivity contribution is 6.07. The van der Waals surface area contributed by atoms with Crippen LogP contribution < -0.4 is 0 Å². The lowest BCUT2D eigenvalue weighted by atomic mass is 9.70. The molecule has 2 bridgehead atoms. The van der Waals surface area contributed by atoms with Gasteiger partial charge in [-0.1, -0.05) is 45.0 Å². The van der Waals surface area contributed by atoms with Crippen molar-refractivity contribution in [3.8, 4) is 0 Å². The van der Waals surface area contributed by atoms with Crippen molar-refractivity contribution in [2.24, 2.45) is 16.7 Å². The Morgan fingerprint density at radius 1 is 1.10 bits per heavy atom. The van der Waals surface area contributed by atoms with Gasteiger partial charge in [0.2, 0.25) is 0 Å². The maximum absolute atomic E-state index is 12.7. The van der Waals surface area contributed by atoms with E-state index in [1.807, 2.05) is 18.2 Å². The predicted octanol–water partition coefficient (Wildman–Crippen LogP) is 3.91. The number of aldehydes is 1. The van der Waals surface area contributed by atoms with Gasteiger partial charge in [0, 0.05) is 11.0 Å². The van der Waals surface area contributed by atoms with Gasteiger partial charge >= 0.3 is 0 Å². The number of rotatable bonds is 2. The Bertz CT molecular complexity index is 607. The number of hydrogen-bond acceptors (Lipinski definition) is 2. The smallest absolute Gasteiger partial charge is 0.165 e. The molecule has 2 atom stereocenters. The molecular formula is C18H20O2. The van der Waals surface area contributed by atoms with Crippen LogP contribution in [0.1, 0.15) is 49.5 Å². The summed E-state index contributed by atoms with van der Waals surface area (Å²) in [6.07, 6.45) is 4.97. The van der Waals surface area contributed by atoms with E-state index in [4.69, 9.17) is 0 Å². The number of Topliss-reactive ketones (excluding diaryl/α,β-unsaturated/α-hetero) is 1. The Labute approximate surface area is 119 Å². The number of benzene rings is 1. The fourth-order valence-corrected chi connectivity index (χ4v) is 3.94. The number of carbonyl (C=O) groups is 2. The summed E-state index contributed by atoms with van der Waals surface area (Å²) in [5, 5.41) is 0. The van der Waals surface area contributed by atoms with Crippen molar-refractivity contribution in [3.05, 3.63) is 41.0 Å². The van der Waals surface area contributed by atoms with Gasteiger partial charge in [-0.2, -0.15) is 0 Å². The molecule has 3 rings (SSSR count). The summed E-state index contributed by atoms with van der Waals surface area (Å²) >= 11 is 0. The first kappa shape index (κ1) is 13.3. The average molecular weight is 268 g/mol. The highest BCUT2D eigenvalue weighted by Crippen LogP contribution is 2.65. The van der Waals surface area contributed by atoms with E-state index < -0.39 is 0 Å². The van der Waals surface area contributed by atoms with Crippen LogP contribution in [0.2, 0.25) is 0 Å². The van der Waals surface area contributed by atoms with Gasteiger partial charge in [-0.3, -0.25) is 9.59 Å². The molecule has 2 aliphatic carbocycles. The fourth-order valence-electron chi connectivity index (χ4n) is 3.94. The normalized spacial score (nSPS) is 32.9. The lowest BCUT2D eigenvalue weighted by Crippen LogP contribution is -2.32. The second kappa shape index (κ2) is 4.15. The third kappa shape index (κ3) is 1.57. The van der Waals surface area contributed by atoms with E-state index >= 15 is 0 Å². The van der Waals surface area contributed by atoms with E-state index in [0.717, 1.165) is 30.3 Å². The summed E-state index contributed by atoms with van der Waals surface area (Å²) in [6, 6.07) is 7.41. The second-order valence-corrected chi connectivity index (χ2v) is 6.86. The first-order chi connectivity index (χ1) is 9.40. The lowest BCUT2D eigenvalue weighted by molar-refractivity contribution is -0.125. The van der Waals surface area contributed by atoms with Crippen molar-refractivity contribution in [2.75, 3.05) is 0 Å². The van der Waals surface area contributed by atoms with Crippen molar-refractivity contribution >= 4 is 18.1 Å². The molecule has 0 saturated heterocycles. The quantitative estimate of drug-likeness (QED) is 0.602. The summed E-state index contributed by atoms with van der Waals surface area (Å²) < 4.78 is 0. The van der Waals surface area contributed by atoms with Crippen LogP contribution in [0.3, 0.4) is 0 Å². The van der Waals surface area contributed by atoms with E-state index in [9.17, 15) is 9.59 Å². The van der Waals surface area contributed by atoms with E-state index in [1.54, 1.807) is 12.1 Å². The third-order valence-corrected chi connectivity index (χ3v) is 5.76. The molecule has 0 unspecified atom stereocenters. The molecule has 2 fully saturated rings. The maximum atomic E-state index is 12.7. The zero-order valence-electron chi connectivity index (χ0n) is 12.3. The molecule has 2 saturated carbocycles. The molecular weight excluding hydrogens is 248 g/mol. The minimum atomic E-state index is -0.202. The Hall–Kier alpha value is -1.70. The topological polar surface area (TPSA) is 34.1 Å². The van der Waals surface area contributed by atoms with Crippen molar-refractivity contribution in [3.63, 3.8) is 0 Å². The Kier molecular flexibility index (Phi) is 2.75. The number of fused-ring (bicyclic) bond motifs is 2. The molecule has 0 spiro atoms. The van der Waals surface area contributed by atoms with E-state index in [1.165, 1.54) is 0 Å². The number of hydrogen-bond donors (Lipinski definition) is 0. The molecule has 0 amide bonds. The van der Waals surface area contributed by atoms with Crippen molar-refractivity contribution in [1.29, 1.82) is 0 Å². The Balaban J connectivity index is 2.01. The number of ketones is 1. The zero-order valence-corrected chi connectivity index (χ0v) is 12.3. The summed E-state index contributed by atoms with van der Waals surface area (Å²) in [5.74, 6) is 0.684. The van der Waals surface area contributed by atoms with E-state index in [0.29, 0.717) is 17.3 Å². The second-order valence-electron chi connectivity index (χ2n) is 6.86. The largest absolute Gasteiger partial charge is 0.298 e. The molecule has 2 heteroatoms. The van der Waals surface area contributed by atoms with Gasteiger partial charge in [-0.15, -0.1) is 0 Å². The SMILES string of the molecule is CC1(C)[C@H]2CC[C@]1(C)C(=O)/C2=C\c1ccc(C=O)cc1. The summed E-state index contributed by atoms with van der Waals surface area (Å²) in [7, 11) is 0. The number of allylic oxidation sites excluding steroid dienone is 1. The average Bonchev–Trinajstić information content (AvgIpc) is 2.74. The molecule has 20 heavy (non-hydrogen) atoms. The van der Waals surface area contributed by atoms with Crippen LogP contribution in [-0.2, 0) is 4.79 Å². The first-order valence-corrected chi connectivity index (χ1v) is 7.22. The molecule has 1 aromatic rings. The van der Waals surface area contributed by atoms with Crippen LogP contribution in [0.25, 0.3) is 6.08 Å². The van der Waals surface area contributed by atoms with Gasteiger partial charge < -0.3 is 0 Å². The standard InChI is InChI=1S/C18H20O2/c1-17(2)15-8-9-18(17,3)16(20)14(15)10-12-4-6-13(11-19)7-5-12/h4-7,10-11,15H,8-9H2,1-3H3/b14-10-/t15-,18+/m0/s1. The molecule has 2 nitrogen and oxygen atoms in total. The highest BCUT2D eigenvalue weighted by Gasteiger charge is 2.63. The molecule has 2 aliphatic rings. The monoisotopic (exact) mass is 268 g/mol. The van der Waals surface area contributed by atoms with Gasteiger partial charge in [0.25, 0.3) is 0 Å². The predicted molar refractivity (Wildman–Crippen MR) is 79.4 cm³/mol. The van der Waals surface area contributed by atoms with Gasteiger partial charge in [0.15, 0.2) is 5.78 Å². The molecule has 104 valence electrons. The van der Waals surface area contributed by atoms with Crippen LogP contribution in [0.5, 0.6) is 0 Å². The van der Waals surface area contributed by atoms with Crippen LogP contribution in [0, 0.1) is 16.7 Å². The van der Waals surface area contributed by atoms with Crippen molar-refractivity contribution < 1.29 is 9.59 Å². The maximum Gasteiger partial charge on any atom is 0.165 e. The molecule has 0 heterocycles. The molecule has 0 radical (unpaired) electrons. The van der Waals surface area contributed by atoms with Crippen LogP contribution in [-0.4, -0.2) is 12.1 Å². The highest BCUT2D eigenvalue weighted by atomic mass is 16.1. The van der Waals surface area contributed by atoms with E-state index in [2.05, 4.69) is 20.8 Å². The van der Waals surface area contributed by atoms with Gasteiger partial charge in [0.05, 0.1) is 0 Å². The lowest BCUT2D eigenvalue weighted by Gasteiger charge is -2.31. The van der Waals surface area contributed by atoms with Gasteiger partial charge in [-0.05, 0) is 41.4 Å². The molecule has 1 aromatic carbocycles. The van der Waals surface area contributed by atoms with Crippen LogP contribution in [0.4, 0.5) is 0 Å². The van der Waals surface area contributed by atoms with Gasteiger partial charge in [0.1, 0.15) is 6.29 Å². The van der Waals surface area contributed by atoms with Crippen LogP contribution >= 0.6 is 0 Å². The minimum absolute atomic E-state index is 0.0542. The zero-order chi connectivity index (χ0) is 14.5. The summed E-state index contributed by atoms with van der Waals surface area (Å²) in [5.41, 5.74) is 2.50. The van der Waals surface area contributed by atoms with Crippen molar-refractivity contribution in [2.45, 2.75) is 33.6 Å². The molecule has 0 aliphatic heterocycles. The first-order valence-electron chi connectivity index (χ1n) is 7.22. The van der Waals surface area contributed by atoms with Crippen LogP contribution in [0.15, 0.2) is 29.8 Å². The summed E-state index contributed by atoms with van der Waals surface area (Å²) in [4.78, 5) is 23.4. The minimum Gasteiger partial charge on any atom is -0.298 e. The van der Waals surface area contributed by atoms with E-state index in [-0.39, 0.29) is 10.8 Å². The van der Waals surface area contributed by atoms with Gasteiger partial charge in [-0.25, -0.2) is 0 Å². The van der Waals surface area contributed by atoms with Crippen molar-refractivity contribution in [1.82, 2.24) is 0 Å². The fraction of sp³-hybridized carbons (Fsp3) is 0.444. The molecule has 0 aromatic heterocycles. The Morgan fingerprint density at radius 2 is 1.70 bits per heavy atom. The third-order valence-electron chi connectivity index (χ3n) is 5.76. The summed E-state index contributed by atoms with van der Waals surface area (Å²) in [6.45, 7) is 6.56. The molecule has 0 N–H and O–H groups in total.